The molecule has 0 aliphatic carbocycles. The van der Waals surface area contributed by atoms with E-state index in [9.17, 15) is 4.79 Å². The van der Waals surface area contributed by atoms with E-state index in [0.29, 0.717) is 18.3 Å². The molecule has 1 aliphatic rings. The van der Waals surface area contributed by atoms with Crippen LogP contribution >= 0.6 is 0 Å². The number of ether oxygens (including phenoxy) is 1. The van der Waals surface area contributed by atoms with Gasteiger partial charge >= 0.3 is 6.01 Å². The first-order valence-corrected chi connectivity index (χ1v) is 9.35. The van der Waals surface area contributed by atoms with Gasteiger partial charge in [-0.05, 0) is 38.2 Å². The molecule has 0 saturated carbocycles. The molecule has 0 spiro atoms. The van der Waals surface area contributed by atoms with Crippen molar-refractivity contribution in [2.45, 2.75) is 39.2 Å². The van der Waals surface area contributed by atoms with Crippen molar-refractivity contribution in [2.24, 2.45) is 13.0 Å². The van der Waals surface area contributed by atoms with Gasteiger partial charge < -0.3 is 15.0 Å². The monoisotopic (exact) mass is 372 g/mol. The summed E-state index contributed by atoms with van der Waals surface area (Å²) < 4.78 is 6.88. The van der Waals surface area contributed by atoms with E-state index < -0.39 is 0 Å². The lowest BCUT2D eigenvalue weighted by Crippen LogP contribution is -2.34. The maximum absolute atomic E-state index is 12.6. The van der Waals surface area contributed by atoms with Crippen LogP contribution in [0.1, 0.15) is 31.0 Å². The molecule has 3 rings (SSSR count). The first-order chi connectivity index (χ1) is 12.9. The Kier molecular flexibility index (Phi) is 5.93. The van der Waals surface area contributed by atoms with Crippen molar-refractivity contribution in [3.05, 3.63) is 29.7 Å². The van der Waals surface area contributed by atoms with E-state index >= 15 is 0 Å². The van der Waals surface area contributed by atoms with Gasteiger partial charge in [0, 0.05) is 50.6 Å². The Bertz CT molecular complexity index is 790. The minimum atomic E-state index is 0.216. The number of rotatable bonds is 7. The third kappa shape index (κ3) is 4.96. The lowest BCUT2D eigenvalue weighted by Gasteiger charge is -2.21. The Morgan fingerprint density at radius 1 is 1.41 bits per heavy atom. The van der Waals surface area contributed by atoms with Gasteiger partial charge in [-0.15, -0.1) is 0 Å². The topological polar surface area (TPSA) is 85.2 Å². The zero-order valence-electron chi connectivity index (χ0n) is 16.5. The summed E-state index contributed by atoms with van der Waals surface area (Å²) in [6.45, 7) is 5.59. The van der Waals surface area contributed by atoms with Crippen LogP contribution in [-0.4, -0.2) is 56.8 Å². The molecule has 8 heteroatoms. The number of likely N-dealkylation sites (tertiary alicyclic amines) is 1. The number of aromatic nitrogens is 4. The lowest BCUT2D eigenvalue weighted by atomic mass is 10.1. The third-order valence-electron chi connectivity index (χ3n) is 4.96. The van der Waals surface area contributed by atoms with Crippen molar-refractivity contribution >= 4 is 11.7 Å². The second-order valence-corrected chi connectivity index (χ2v) is 7.28. The Morgan fingerprint density at radius 3 is 2.93 bits per heavy atom. The molecule has 146 valence electrons. The second kappa shape index (κ2) is 8.37. The minimum Gasteiger partial charge on any atom is -0.467 e. The summed E-state index contributed by atoms with van der Waals surface area (Å²) in [6.07, 6.45) is 6.04. The van der Waals surface area contributed by atoms with Gasteiger partial charge in [0.1, 0.15) is 5.82 Å². The van der Waals surface area contributed by atoms with Gasteiger partial charge in [-0.2, -0.15) is 10.1 Å². The summed E-state index contributed by atoms with van der Waals surface area (Å²) in [7, 11) is 3.45. The van der Waals surface area contributed by atoms with Crippen LogP contribution in [0.25, 0.3) is 0 Å². The summed E-state index contributed by atoms with van der Waals surface area (Å²) in [5.41, 5.74) is 1.96. The predicted octanol–water partition coefficient (Wildman–Crippen LogP) is 1.81. The minimum absolute atomic E-state index is 0.216. The standard InChI is InChI=1S/C19H28N6O2/c1-13-7-17(23-19(22-13)27-4)20-9-16-8-14(2)25(12-16)18(26)6-5-15-10-21-24(3)11-15/h7,10-11,14,16H,5-6,8-9,12H2,1-4H3,(H,20,22,23). The number of nitrogens with one attached hydrogen (secondary N) is 1. The fourth-order valence-electron chi connectivity index (χ4n) is 3.61. The van der Waals surface area contributed by atoms with Gasteiger partial charge in [0.2, 0.25) is 5.91 Å². The molecule has 1 amide bonds. The van der Waals surface area contributed by atoms with Crippen LogP contribution in [0.5, 0.6) is 6.01 Å². The summed E-state index contributed by atoms with van der Waals surface area (Å²) >= 11 is 0. The van der Waals surface area contributed by atoms with Crippen molar-refractivity contribution in [3.8, 4) is 6.01 Å². The molecule has 2 unspecified atom stereocenters. The number of carbonyl (C=O) groups excluding carboxylic acids is 1. The number of hydrogen-bond acceptors (Lipinski definition) is 6. The van der Waals surface area contributed by atoms with E-state index in [1.54, 1.807) is 11.8 Å². The first-order valence-electron chi connectivity index (χ1n) is 9.35. The van der Waals surface area contributed by atoms with Crippen LogP contribution in [0, 0.1) is 12.8 Å². The number of anilines is 1. The highest BCUT2D eigenvalue weighted by Crippen LogP contribution is 2.24. The molecule has 1 saturated heterocycles. The molecule has 1 fully saturated rings. The van der Waals surface area contributed by atoms with Crippen molar-refractivity contribution in [1.82, 2.24) is 24.6 Å². The van der Waals surface area contributed by atoms with Gasteiger partial charge in [0.05, 0.1) is 13.3 Å². The van der Waals surface area contributed by atoms with Crippen LogP contribution in [0.3, 0.4) is 0 Å². The molecular weight excluding hydrogens is 344 g/mol. The summed E-state index contributed by atoms with van der Waals surface area (Å²) in [4.78, 5) is 23.1. The molecule has 27 heavy (non-hydrogen) atoms. The van der Waals surface area contributed by atoms with Crippen LogP contribution < -0.4 is 10.1 Å². The maximum Gasteiger partial charge on any atom is 0.318 e. The van der Waals surface area contributed by atoms with Gasteiger partial charge in [-0.3, -0.25) is 9.48 Å². The molecule has 2 aromatic rings. The average molecular weight is 372 g/mol. The zero-order valence-corrected chi connectivity index (χ0v) is 16.5. The largest absolute Gasteiger partial charge is 0.467 e. The van der Waals surface area contributed by atoms with Crippen molar-refractivity contribution < 1.29 is 9.53 Å². The van der Waals surface area contributed by atoms with Gasteiger partial charge in [-0.1, -0.05) is 0 Å². The van der Waals surface area contributed by atoms with Crippen LogP contribution in [0.15, 0.2) is 18.5 Å². The Balaban J connectivity index is 1.50. The van der Waals surface area contributed by atoms with Gasteiger partial charge in [0.15, 0.2) is 0 Å². The van der Waals surface area contributed by atoms with E-state index in [4.69, 9.17) is 4.74 Å². The highest BCUT2D eigenvalue weighted by molar-refractivity contribution is 5.77. The quantitative estimate of drug-likeness (QED) is 0.798. The fraction of sp³-hybridized carbons (Fsp3) is 0.579. The average Bonchev–Trinajstić information content (AvgIpc) is 3.22. The Labute approximate surface area is 159 Å². The van der Waals surface area contributed by atoms with E-state index in [0.717, 1.165) is 43.0 Å². The number of methoxy groups -OCH3 is 1. The number of hydrogen-bond donors (Lipinski definition) is 1. The Morgan fingerprint density at radius 2 is 2.22 bits per heavy atom. The number of amides is 1. The molecule has 3 heterocycles. The molecule has 0 radical (unpaired) electrons. The molecule has 0 bridgehead atoms. The van der Waals surface area contributed by atoms with E-state index in [1.807, 2.05) is 37.3 Å². The molecule has 2 atom stereocenters. The first kappa shape index (κ1) is 19.1. The normalized spacial score (nSPS) is 19.3. The summed E-state index contributed by atoms with van der Waals surface area (Å²) in [5, 5.41) is 7.52. The maximum atomic E-state index is 12.6. The van der Waals surface area contributed by atoms with E-state index in [-0.39, 0.29) is 11.9 Å². The highest BCUT2D eigenvalue weighted by atomic mass is 16.5. The fourth-order valence-corrected chi connectivity index (χ4v) is 3.61. The number of nitrogens with zero attached hydrogens (tertiary/aromatic N) is 5. The molecule has 0 aromatic carbocycles. The van der Waals surface area contributed by atoms with E-state index in [1.165, 1.54) is 0 Å². The second-order valence-electron chi connectivity index (χ2n) is 7.28. The molecule has 8 nitrogen and oxygen atoms in total. The highest BCUT2D eigenvalue weighted by Gasteiger charge is 2.31. The summed E-state index contributed by atoms with van der Waals surface area (Å²) in [6, 6.07) is 2.53. The molecule has 2 aromatic heterocycles. The third-order valence-corrected chi connectivity index (χ3v) is 4.96. The van der Waals surface area contributed by atoms with Crippen molar-refractivity contribution in [1.29, 1.82) is 0 Å². The predicted molar refractivity (Wildman–Crippen MR) is 103 cm³/mol. The van der Waals surface area contributed by atoms with Gasteiger partial charge in [-0.25, -0.2) is 4.98 Å². The van der Waals surface area contributed by atoms with Crippen LogP contribution in [-0.2, 0) is 18.3 Å². The van der Waals surface area contributed by atoms with E-state index in [2.05, 4.69) is 27.3 Å². The lowest BCUT2D eigenvalue weighted by molar-refractivity contribution is -0.131. The smallest absolute Gasteiger partial charge is 0.318 e. The number of carbonyl (C=O) groups is 1. The molecule has 1 N–H and O–H groups in total. The number of aryl methyl sites for hydroxylation is 3. The Hall–Kier alpha value is -2.64. The zero-order chi connectivity index (χ0) is 19.4. The van der Waals surface area contributed by atoms with Crippen LogP contribution in [0.4, 0.5) is 5.82 Å². The molecular formula is C19H28N6O2. The summed E-state index contributed by atoms with van der Waals surface area (Å²) in [5.74, 6) is 1.38. The van der Waals surface area contributed by atoms with Gasteiger partial charge in [0.25, 0.3) is 0 Å². The van der Waals surface area contributed by atoms with Crippen LogP contribution in [0.2, 0.25) is 0 Å². The van der Waals surface area contributed by atoms with Crippen molar-refractivity contribution in [3.63, 3.8) is 0 Å². The molecule has 1 aliphatic heterocycles. The van der Waals surface area contributed by atoms with Crippen molar-refractivity contribution in [2.75, 3.05) is 25.5 Å². The SMILES string of the molecule is COc1nc(C)cc(NCC2CC(C)N(C(=O)CCc3cnn(C)c3)C2)n1.